The average molecular weight is 505 g/mol. The SMILES string of the molecule is CC(c1ccccc1)N1C(=O)C(=Cc2c(N3CCN(C)CC3)c3ccccc3n(C)c2=O)SC1=S. The number of likely N-dealkylation sites (N-methyl/N-ethyl adjacent to an activating group) is 1. The van der Waals surface area contributed by atoms with Crippen molar-refractivity contribution >= 4 is 56.9 Å². The maximum Gasteiger partial charge on any atom is 0.266 e. The van der Waals surface area contributed by atoms with Crippen LogP contribution in [0.1, 0.15) is 24.1 Å². The molecule has 0 aliphatic carbocycles. The zero-order valence-electron chi connectivity index (χ0n) is 20.1. The molecule has 5 rings (SSSR count). The van der Waals surface area contributed by atoms with Crippen LogP contribution < -0.4 is 10.5 Å². The Kier molecular flexibility index (Phi) is 6.53. The van der Waals surface area contributed by atoms with E-state index in [0.29, 0.717) is 14.8 Å². The number of rotatable bonds is 4. The number of amides is 1. The number of fused-ring (bicyclic) bond motifs is 1. The largest absolute Gasteiger partial charge is 0.368 e. The summed E-state index contributed by atoms with van der Waals surface area (Å²) in [5, 5.41) is 1.01. The summed E-state index contributed by atoms with van der Waals surface area (Å²) in [7, 11) is 3.90. The number of hydrogen-bond acceptors (Lipinski definition) is 6. The number of thiocarbonyl (C=S) groups is 1. The first kappa shape index (κ1) is 23.8. The second-order valence-electron chi connectivity index (χ2n) is 9.07. The monoisotopic (exact) mass is 504 g/mol. The first-order valence-electron chi connectivity index (χ1n) is 11.7. The molecule has 180 valence electrons. The Morgan fingerprint density at radius 3 is 2.31 bits per heavy atom. The van der Waals surface area contributed by atoms with E-state index in [4.69, 9.17) is 12.2 Å². The van der Waals surface area contributed by atoms with Gasteiger partial charge in [-0.05, 0) is 31.7 Å². The van der Waals surface area contributed by atoms with Crippen molar-refractivity contribution in [3.63, 3.8) is 0 Å². The second kappa shape index (κ2) is 9.60. The number of aromatic nitrogens is 1. The minimum absolute atomic E-state index is 0.112. The number of piperazine rings is 1. The van der Waals surface area contributed by atoms with Crippen LogP contribution in [0.2, 0.25) is 0 Å². The molecule has 6 nitrogen and oxygen atoms in total. The van der Waals surface area contributed by atoms with Crippen molar-refractivity contribution in [2.45, 2.75) is 13.0 Å². The average Bonchev–Trinajstić information content (AvgIpc) is 3.16. The van der Waals surface area contributed by atoms with Gasteiger partial charge in [0.1, 0.15) is 4.32 Å². The lowest BCUT2D eigenvalue weighted by Crippen LogP contribution is -2.45. The van der Waals surface area contributed by atoms with Crippen LogP contribution in [0.15, 0.2) is 64.3 Å². The van der Waals surface area contributed by atoms with E-state index in [0.717, 1.165) is 48.3 Å². The number of anilines is 1. The Morgan fingerprint density at radius 2 is 1.60 bits per heavy atom. The number of para-hydroxylation sites is 1. The first-order valence-corrected chi connectivity index (χ1v) is 13.0. The zero-order chi connectivity index (χ0) is 24.7. The second-order valence-corrected chi connectivity index (χ2v) is 10.7. The van der Waals surface area contributed by atoms with Crippen LogP contribution in [0.5, 0.6) is 0 Å². The molecule has 2 aromatic carbocycles. The molecule has 8 heteroatoms. The number of carbonyl (C=O) groups is 1. The van der Waals surface area contributed by atoms with E-state index in [1.54, 1.807) is 22.6 Å². The molecule has 0 N–H and O–H groups in total. The van der Waals surface area contributed by atoms with E-state index >= 15 is 0 Å². The molecule has 0 bridgehead atoms. The zero-order valence-corrected chi connectivity index (χ0v) is 21.7. The van der Waals surface area contributed by atoms with E-state index in [9.17, 15) is 9.59 Å². The van der Waals surface area contributed by atoms with E-state index in [-0.39, 0.29) is 17.5 Å². The number of benzene rings is 2. The van der Waals surface area contributed by atoms with Crippen molar-refractivity contribution in [1.82, 2.24) is 14.4 Å². The van der Waals surface area contributed by atoms with Crippen LogP contribution in [-0.4, -0.2) is 57.8 Å². The topological polar surface area (TPSA) is 48.8 Å². The summed E-state index contributed by atoms with van der Waals surface area (Å²) >= 11 is 6.89. The Morgan fingerprint density at radius 1 is 0.943 bits per heavy atom. The summed E-state index contributed by atoms with van der Waals surface area (Å²) in [5.41, 5.74) is 3.24. The van der Waals surface area contributed by atoms with Crippen molar-refractivity contribution in [3.8, 4) is 0 Å². The number of aryl methyl sites for hydroxylation is 1. The lowest BCUT2D eigenvalue weighted by molar-refractivity contribution is -0.123. The third-order valence-corrected chi connectivity index (χ3v) is 8.23. The number of thioether (sulfide) groups is 1. The van der Waals surface area contributed by atoms with Crippen LogP contribution in [0, 0.1) is 0 Å². The van der Waals surface area contributed by atoms with Crippen molar-refractivity contribution in [2.24, 2.45) is 7.05 Å². The maximum absolute atomic E-state index is 13.6. The van der Waals surface area contributed by atoms with Gasteiger partial charge in [-0.2, -0.15) is 0 Å². The van der Waals surface area contributed by atoms with Crippen molar-refractivity contribution in [3.05, 3.63) is 81.0 Å². The summed E-state index contributed by atoms with van der Waals surface area (Å²) in [6.45, 7) is 5.45. The summed E-state index contributed by atoms with van der Waals surface area (Å²) in [5.74, 6) is -0.157. The van der Waals surface area contributed by atoms with Crippen molar-refractivity contribution < 1.29 is 4.79 Å². The Labute approximate surface area is 214 Å². The number of nitrogens with zero attached hydrogens (tertiary/aromatic N) is 4. The molecule has 2 aliphatic heterocycles. The molecule has 0 radical (unpaired) electrons. The molecular weight excluding hydrogens is 476 g/mol. The first-order chi connectivity index (χ1) is 16.9. The maximum atomic E-state index is 13.6. The van der Waals surface area contributed by atoms with Gasteiger partial charge in [0.15, 0.2) is 0 Å². The molecule has 2 fully saturated rings. The predicted octanol–water partition coefficient (Wildman–Crippen LogP) is 4.25. The highest BCUT2D eigenvalue weighted by Gasteiger charge is 2.36. The number of pyridine rings is 1. The van der Waals surface area contributed by atoms with Gasteiger partial charge >= 0.3 is 0 Å². The van der Waals surface area contributed by atoms with E-state index in [2.05, 4.69) is 22.9 Å². The Bertz CT molecular complexity index is 1390. The smallest absolute Gasteiger partial charge is 0.266 e. The highest BCUT2D eigenvalue weighted by Crippen LogP contribution is 2.39. The van der Waals surface area contributed by atoms with Crippen LogP contribution >= 0.6 is 24.0 Å². The highest BCUT2D eigenvalue weighted by atomic mass is 32.2. The van der Waals surface area contributed by atoms with Crippen molar-refractivity contribution in [2.75, 3.05) is 38.1 Å². The molecule has 1 unspecified atom stereocenters. The van der Waals surface area contributed by atoms with Crippen LogP contribution in [-0.2, 0) is 11.8 Å². The van der Waals surface area contributed by atoms with E-state index < -0.39 is 0 Å². The van der Waals surface area contributed by atoms with Gasteiger partial charge in [-0.15, -0.1) is 0 Å². The summed E-state index contributed by atoms with van der Waals surface area (Å²) in [4.78, 5) is 33.9. The van der Waals surface area contributed by atoms with Gasteiger partial charge in [0, 0.05) is 38.6 Å². The third-order valence-electron chi connectivity index (χ3n) is 6.90. The van der Waals surface area contributed by atoms with Crippen LogP contribution in [0.25, 0.3) is 17.0 Å². The van der Waals surface area contributed by atoms with Gasteiger partial charge in [0.2, 0.25) is 0 Å². The molecule has 1 amide bonds. The Balaban J connectivity index is 1.62. The van der Waals surface area contributed by atoms with Gasteiger partial charge in [-0.25, -0.2) is 0 Å². The van der Waals surface area contributed by atoms with E-state index in [1.807, 2.05) is 55.5 Å². The molecule has 35 heavy (non-hydrogen) atoms. The molecule has 0 saturated carbocycles. The molecular formula is C27H28N4O2S2. The Hall–Kier alpha value is -2.94. The van der Waals surface area contributed by atoms with Crippen molar-refractivity contribution in [1.29, 1.82) is 0 Å². The predicted molar refractivity (Wildman–Crippen MR) is 149 cm³/mol. The minimum atomic E-state index is -0.189. The third kappa shape index (κ3) is 4.30. The molecule has 2 saturated heterocycles. The van der Waals surface area contributed by atoms with Crippen LogP contribution in [0.3, 0.4) is 0 Å². The van der Waals surface area contributed by atoms with Gasteiger partial charge < -0.3 is 14.4 Å². The fourth-order valence-corrected chi connectivity index (χ4v) is 6.23. The summed E-state index contributed by atoms with van der Waals surface area (Å²) in [6.07, 6.45) is 1.76. The molecule has 3 heterocycles. The highest BCUT2D eigenvalue weighted by molar-refractivity contribution is 8.26. The molecule has 0 spiro atoms. The van der Waals surface area contributed by atoms with E-state index in [1.165, 1.54) is 11.8 Å². The molecule has 2 aliphatic rings. The normalized spacial score (nSPS) is 19.2. The fourth-order valence-electron chi connectivity index (χ4n) is 4.83. The molecule has 1 atom stereocenters. The van der Waals surface area contributed by atoms with Gasteiger partial charge in [0.05, 0.1) is 27.7 Å². The van der Waals surface area contributed by atoms with Crippen LogP contribution in [0.4, 0.5) is 5.69 Å². The number of carbonyl (C=O) groups excluding carboxylic acids is 1. The minimum Gasteiger partial charge on any atom is -0.368 e. The summed E-state index contributed by atoms with van der Waals surface area (Å²) < 4.78 is 2.19. The molecule has 3 aromatic rings. The summed E-state index contributed by atoms with van der Waals surface area (Å²) in [6, 6.07) is 17.7. The quantitative estimate of drug-likeness (QED) is 0.391. The standard InChI is InChI=1S/C27H28N4O2S2/c1-18(19-9-5-4-6-10-19)31-26(33)23(35-27(31)34)17-21-24(30-15-13-28(2)14-16-30)20-11-7-8-12-22(20)29(3)25(21)32/h4-12,17-18H,13-16H2,1-3H3. The van der Waals surface area contributed by atoms with Gasteiger partial charge in [-0.1, -0.05) is 72.5 Å². The number of hydrogen-bond donors (Lipinski definition) is 0. The van der Waals surface area contributed by atoms with Gasteiger partial charge in [0.25, 0.3) is 11.5 Å². The lowest BCUT2D eigenvalue weighted by Gasteiger charge is -2.35. The van der Waals surface area contributed by atoms with Gasteiger partial charge in [-0.3, -0.25) is 14.5 Å². The lowest BCUT2D eigenvalue weighted by atomic mass is 10.0. The molecule has 1 aromatic heterocycles. The fraction of sp³-hybridized carbons (Fsp3) is 0.296.